The van der Waals surface area contributed by atoms with E-state index in [1.54, 1.807) is 36.4 Å². The first-order valence-corrected chi connectivity index (χ1v) is 9.03. The van der Waals surface area contributed by atoms with Gasteiger partial charge in [-0.05, 0) is 56.4 Å². The van der Waals surface area contributed by atoms with Gasteiger partial charge in [0.05, 0.1) is 12.6 Å². The molecule has 140 valence electrons. The standard InChI is InChI=1S/C19H18Cl2N4O2/c1-12(18-23-24-19(27-18)13-4-3-5-15(21)10-13)25(2)11-17(26)22-16-8-6-14(20)7-9-16/h3-10,12H,11H2,1-2H3,(H,22,26)/t12-/m1/s1. The molecule has 27 heavy (non-hydrogen) atoms. The van der Waals surface area contributed by atoms with Crippen LogP contribution in [0, 0.1) is 0 Å². The number of hydrogen-bond donors (Lipinski definition) is 1. The summed E-state index contributed by atoms with van der Waals surface area (Å²) in [4.78, 5) is 14.1. The number of likely N-dealkylation sites (N-methyl/N-ethyl adjacent to an activating group) is 1. The zero-order valence-corrected chi connectivity index (χ0v) is 16.3. The molecule has 1 atom stereocenters. The van der Waals surface area contributed by atoms with Gasteiger partial charge in [-0.15, -0.1) is 10.2 Å². The number of aromatic nitrogens is 2. The Hall–Kier alpha value is -2.41. The molecular weight excluding hydrogens is 387 g/mol. The molecule has 2 aromatic carbocycles. The molecule has 1 N–H and O–H groups in total. The molecule has 0 bridgehead atoms. The van der Waals surface area contributed by atoms with Gasteiger partial charge in [-0.25, -0.2) is 0 Å². The molecule has 0 fully saturated rings. The summed E-state index contributed by atoms with van der Waals surface area (Å²) in [6.45, 7) is 2.06. The lowest BCUT2D eigenvalue weighted by Gasteiger charge is -2.21. The summed E-state index contributed by atoms with van der Waals surface area (Å²) in [7, 11) is 1.81. The summed E-state index contributed by atoms with van der Waals surface area (Å²) in [5.74, 6) is 0.659. The van der Waals surface area contributed by atoms with E-state index >= 15 is 0 Å². The summed E-state index contributed by atoms with van der Waals surface area (Å²) in [6.07, 6.45) is 0. The predicted octanol–water partition coefficient (Wildman–Crippen LogP) is 4.67. The van der Waals surface area contributed by atoms with Gasteiger partial charge in [-0.1, -0.05) is 29.3 Å². The Kier molecular flexibility index (Phi) is 6.11. The number of carbonyl (C=O) groups excluding carboxylic acids is 1. The maximum Gasteiger partial charge on any atom is 0.247 e. The first-order valence-electron chi connectivity index (χ1n) is 8.27. The van der Waals surface area contributed by atoms with Gasteiger partial charge >= 0.3 is 0 Å². The molecule has 0 saturated carbocycles. The van der Waals surface area contributed by atoms with E-state index < -0.39 is 0 Å². The van der Waals surface area contributed by atoms with E-state index in [-0.39, 0.29) is 18.5 Å². The highest BCUT2D eigenvalue weighted by molar-refractivity contribution is 6.31. The molecule has 0 spiro atoms. The Morgan fingerprint density at radius 1 is 1.15 bits per heavy atom. The fourth-order valence-electron chi connectivity index (χ4n) is 2.43. The molecule has 3 aromatic rings. The Labute approximate surface area is 167 Å². The van der Waals surface area contributed by atoms with Crippen LogP contribution in [0.2, 0.25) is 10.0 Å². The van der Waals surface area contributed by atoms with Crippen LogP contribution in [-0.2, 0) is 4.79 Å². The normalized spacial score (nSPS) is 12.2. The highest BCUT2D eigenvalue weighted by atomic mass is 35.5. The summed E-state index contributed by atoms with van der Waals surface area (Å²) in [6, 6.07) is 13.9. The predicted molar refractivity (Wildman–Crippen MR) is 106 cm³/mol. The Bertz CT molecular complexity index is 927. The highest BCUT2D eigenvalue weighted by Crippen LogP contribution is 2.25. The number of amides is 1. The van der Waals surface area contributed by atoms with Crippen molar-refractivity contribution in [3.63, 3.8) is 0 Å². The van der Waals surface area contributed by atoms with E-state index in [9.17, 15) is 4.79 Å². The zero-order chi connectivity index (χ0) is 19.4. The molecule has 8 heteroatoms. The molecular formula is C19H18Cl2N4O2. The van der Waals surface area contributed by atoms with Crippen molar-refractivity contribution in [1.29, 1.82) is 0 Å². The Balaban J connectivity index is 1.62. The lowest BCUT2D eigenvalue weighted by molar-refractivity contribution is -0.117. The van der Waals surface area contributed by atoms with E-state index in [1.165, 1.54) is 0 Å². The van der Waals surface area contributed by atoms with Gasteiger partial charge < -0.3 is 9.73 Å². The number of hydrogen-bond acceptors (Lipinski definition) is 5. The average Bonchev–Trinajstić information content (AvgIpc) is 3.13. The molecule has 0 saturated heterocycles. The van der Waals surface area contributed by atoms with E-state index in [2.05, 4.69) is 15.5 Å². The van der Waals surface area contributed by atoms with Crippen molar-refractivity contribution in [3.05, 3.63) is 64.5 Å². The summed E-state index contributed by atoms with van der Waals surface area (Å²) >= 11 is 11.8. The van der Waals surface area contributed by atoms with E-state index in [4.69, 9.17) is 27.6 Å². The summed E-state index contributed by atoms with van der Waals surface area (Å²) in [5, 5.41) is 12.2. The molecule has 1 amide bonds. The SMILES string of the molecule is C[C@H](c1nnc(-c2cccc(Cl)c2)o1)N(C)CC(=O)Nc1ccc(Cl)cc1. The number of carbonyl (C=O) groups is 1. The van der Waals surface area contributed by atoms with Crippen LogP contribution in [-0.4, -0.2) is 34.6 Å². The van der Waals surface area contributed by atoms with Crippen LogP contribution in [0.5, 0.6) is 0 Å². The van der Waals surface area contributed by atoms with Crippen LogP contribution in [0.15, 0.2) is 52.9 Å². The molecule has 1 aromatic heterocycles. The lowest BCUT2D eigenvalue weighted by atomic mass is 10.2. The monoisotopic (exact) mass is 404 g/mol. The minimum absolute atomic E-state index is 0.152. The first kappa shape index (κ1) is 19.4. The van der Waals surface area contributed by atoms with Gasteiger partial charge in [-0.3, -0.25) is 9.69 Å². The second-order valence-corrected chi connectivity index (χ2v) is 6.97. The second kappa shape index (κ2) is 8.52. The minimum atomic E-state index is -0.235. The molecule has 6 nitrogen and oxygen atoms in total. The smallest absolute Gasteiger partial charge is 0.247 e. The lowest BCUT2D eigenvalue weighted by Crippen LogP contribution is -2.32. The van der Waals surface area contributed by atoms with Crippen LogP contribution in [0.1, 0.15) is 18.9 Å². The van der Waals surface area contributed by atoms with E-state index in [0.717, 1.165) is 5.56 Å². The minimum Gasteiger partial charge on any atom is -0.419 e. The molecule has 0 unspecified atom stereocenters. The van der Waals surface area contributed by atoms with Gasteiger partial charge in [0, 0.05) is 21.3 Å². The van der Waals surface area contributed by atoms with Crippen molar-refractivity contribution in [2.24, 2.45) is 0 Å². The highest BCUT2D eigenvalue weighted by Gasteiger charge is 2.21. The topological polar surface area (TPSA) is 71.3 Å². The Morgan fingerprint density at radius 3 is 2.59 bits per heavy atom. The van der Waals surface area contributed by atoms with Gasteiger partial charge in [0.25, 0.3) is 0 Å². The van der Waals surface area contributed by atoms with Crippen LogP contribution in [0.25, 0.3) is 11.5 Å². The van der Waals surface area contributed by atoms with Gasteiger partial charge in [0.15, 0.2) is 0 Å². The molecule has 0 radical (unpaired) electrons. The average molecular weight is 405 g/mol. The van der Waals surface area contributed by atoms with Crippen LogP contribution >= 0.6 is 23.2 Å². The second-order valence-electron chi connectivity index (χ2n) is 6.10. The molecule has 1 heterocycles. The molecule has 3 rings (SSSR count). The van der Waals surface area contributed by atoms with E-state index in [0.29, 0.717) is 27.5 Å². The quantitative estimate of drug-likeness (QED) is 0.645. The number of anilines is 1. The fraction of sp³-hybridized carbons (Fsp3) is 0.211. The largest absolute Gasteiger partial charge is 0.419 e. The third-order valence-electron chi connectivity index (χ3n) is 4.05. The number of rotatable bonds is 6. The molecule has 0 aliphatic carbocycles. The summed E-state index contributed by atoms with van der Waals surface area (Å²) in [5.41, 5.74) is 1.43. The number of nitrogens with zero attached hydrogens (tertiary/aromatic N) is 3. The van der Waals surface area contributed by atoms with Gasteiger partial charge in [0.2, 0.25) is 17.7 Å². The third kappa shape index (κ3) is 5.07. The maximum absolute atomic E-state index is 12.2. The van der Waals surface area contributed by atoms with Crippen molar-refractivity contribution in [2.75, 3.05) is 18.9 Å². The Morgan fingerprint density at radius 2 is 1.89 bits per heavy atom. The molecule has 0 aliphatic heterocycles. The first-order chi connectivity index (χ1) is 12.9. The van der Waals surface area contributed by atoms with Crippen LogP contribution in [0.3, 0.4) is 0 Å². The van der Waals surface area contributed by atoms with Crippen molar-refractivity contribution in [2.45, 2.75) is 13.0 Å². The molecule has 0 aliphatic rings. The van der Waals surface area contributed by atoms with Gasteiger partial charge in [-0.2, -0.15) is 0 Å². The van der Waals surface area contributed by atoms with Crippen molar-refractivity contribution in [1.82, 2.24) is 15.1 Å². The van der Waals surface area contributed by atoms with Crippen LogP contribution in [0.4, 0.5) is 5.69 Å². The maximum atomic E-state index is 12.2. The van der Waals surface area contributed by atoms with E-state index in [1.807, 2.05) is 31.0 Å². The number of benzene rings is 2. The van der Waals surface area contributed by atoms with Crippen LogP contribution < -0.4 is 5.32 Å². The van der Waals surface area contributed by atoms with Crippen molar-refractivity contribution < 1.29 is 9.21 Å². The third-order valence-corrected chi connectivity index (χ3v) is 4.54. The number of nitrogens with one attached hydrogen (secondary N) is 1. The zero-order valence-electron chi connectivity index (χ0n) is 14.8. The van der Waals surface area contributed by atoms with Gasteiger partial charge in [0.1, 0.15) is 0 Å². The fourth-order valence-corrected chi connectivity index (χ4v) is 2.74. The summed E-state index contributed by atoms with van der Waals surface area (Å²) < 4.78 is 5.75. The van der Waals surface area contributed by atoms with Crippen molar-refractivity contribution >= 4 is 34.8 Å². The van der Waals surface area contributed by atoms with Crippen molar-refractivity contribution in [3.8, 4) is 11.5 Å². The number of halogens is 2.